The molecule has 2 aromatic carbocycles. The van der Waals surface area contributed by atoms with E-state index in [0.29, 0.717) is 0 Å². The normalized spacial score (nSPS) is 10.9. The lowest BCUT2D eigenvalue weighted by molar-refractivity contribution is 0.605. The second-order valence-corrected chi connectivity index (χ2v) is 4.48. The Kier molecular flexibility index (Phi) is 2.81. The zero-order valence-electron chi connectivity index (χ0n) is 10.4. The zero-order valence-corrected chi connectivity index (χ0v) is 10.4. The van der Waals surface area contributed by atoms with Crippen molar-refractivity contribution in [2.45, 2.75) is 19.9 Å². The van der Waals surface area contributed by atoms with E-state index in [1.165, 1.54) is 11.1 Å². The first-order valence-electron chi connectivity index (χ1n) is 6.17. The van der Waals surface area contributed by atoms with Gasteiger partial charge in [-0.3, -0.25) is 0 Å². The molecule has 90 valence electrons. The summed E-state index contributed by atoms with van der Waals surface area (Å²) in [4.78, 5) is 0. The predicted octanol–water partition coefficient (Wildman–Crippen LogP) is 2.98. The van der Waals surface area contributed by atoms with E-state index in [9.17, 15) is 0 Å². The number of aryl methyl sites for hydroxylation is 3. The number of fused-ring (bicyclic) bond motifs is 1. The van der Waals surface area contributed by atoms with E-state index in [4.69, 9.17) is 0 Å². The van der Waals surface area contributed by atoms with Gasteiger partial charge in [0.1, 0.15) is 5.52 Å². The summed E-state index contributed by atoms with van der Waals surface area (Å²) in [5.41, 5.74) is 4.77. The number of hydrogen-bond acceptors (Lipinski definition) is 2. The first kappa shape index (κ1) is 11.0. The molecule has 0 saturated heterocycles. The molecule has 0 saturated carbocycles. The van der Waals surface area contributed by atoms with Gasteiger partial charge >= 0.3 is 0 Å². The molecule has 0 unspecified atom stereocenters. The van der Waals surface area contributed by atoms with Gasteiger partial charge < -0.3 is 0 Å². The molecule has 0 N–H and O–H groups in total. The summed E-state index contributed by atoms with van der Waals surface area (Å²) >= 11 is 0. The van der Waals surface area contributed by atoms with Crippen LogP contribution in [-0.4, -0.2) is 15.0 Å². The van der Waals surface area contributed by atoms with E-state index in [1.807, 2.05) is 22.9 Å². The predicted molar refractivity (Wildman–Crippen MR) is 72.4 cm³/mol. The van der Waals surface area contributed by atoms with Crippen molar-refractivity contribution in [1.82, 2.24) is 15.0 Å². The Morgan fingerprint density at radius 3 is 2.67 bits per heavy atom. The Balaban J connectivity index is 1.83. The van der Waals surface area contributed by atoms with Crippen LogP contribution in [-0.2, 0) is 13.0 Å². The average molecular weight is 237 g/mol. The molecule has 18 heavy (non-hydrogen) atoms. The molecular formula is C15H15N3. The first-order chi connectivity index (χ1) is 8.84. The fourth-order valence-electron chi connectivity index (χ4n) is 2.20. The molecule has 0 bridgehead atoms. The van der Waals surface area contributed by atoms with E-state index in [0.717, 1.165) is 24.0 Å². The van der Waals surface area contributed by atoms with Gasteiger partial charge in [0.05, 0.1) is 5.52 Å². The zero-order chi connectivity index (χ0) is 12.4. The quantitative estimate of drug-likeness (QED) is 0.701. The van der Waals surface area contributed by atoms with Crippen molar-refractivity contribution < 1.29 is 0 Å². The Bertz CT molecular complexity index is 670. The number of aromatic nitrogens is 3. The van der Waals surface area contributed by atoms with Crippen LogP contribution in [0.2, 0.25) is 0 Å². The monoisotopic (exact) mass is 237 g/mol. The second-order valence-electron chi connectivity index (χ2n) is 4.48. The van der Waals surface area contributed by atoms with Crippen LogP contribution in [0.1, 0.15) is 11.1 Å². The molecule has 0 aliphatic heterocycles. The van der Waals surface area contributed by atoms with Gasteiger partial charge in [0, 0.05) is 6.54 Å². The number of hydrogen-bond donors (Lipinski definition) is 0. The Morgan fingerprint density at radius 1 is 1.00 bits per heavy atom. The van der Waals surface area contributed by atoms with E-state index < -0.39 is 0 Å². The van der Waals surface area contributed by atoms with E-state index >= 15 is 0 Å². The summed E-state index contributed by atoms with van der Waals surface area (Å²) in [6.07, 6.45) is 0.986. The highest BCUT2D eigenvalue weighted by atomic mass is 15.4. The topological polar surface area (TPSA) is 30.7 Å². The molecule has 3 aromatic rings. The van der Waals surface area contributed by atoms with E-state index in [2.05, 4.69) is 47.6 Å². The Hall–Kier alpha value is -2.16. The number of benzene rings is 2. The van der Waals surface area contributed by atoms with E-state index in [1.54, 1.807) is 0 Å². The van der Waals surface area contributed by atoms with Gasteiger partial charge in [-0.05, 0) is 36.6 Å². The van der Waals surface area contributed by atoms with Crippen LogP contribution in [0.5, 0.6) is 0 Å². The molecule has 1 aromatic heterocycles. The molecule has 3 nitrogen and oxygen atoms in total. The lowest BCUT2D eigenvalue weighted by atomic mass is 10.1. The van der Waals surface area contributed by atoms with Crippen LogP contribution in [0.4, 0.5) is 0 Å². The number of para-hydroxylation sites is 1. The van der Waals surface area contributed by atoms with Crippen molar-refractivity contribution in [3.8, 4) is 0 Å². The maximum atomic E-state index is 4.21. The molecule has 0 atom stereocenters. The fourth-order valence-corrected chi connectivity index (χ4v) is 2.20. The number of nitrogens with zero attached hydrogens (tertiary/aromatic N) is 3. The third-order valence-electron chi connectivity index (χ3n) is 3.27. The van der Waals surface area contributed by atoms with Crippen LogP contribution in [0.3, 0.4) is 0 Å². The van der Waals surface area contributed by atoms with E-state index in [-0.39, 0.29) is 0 Å². The van der Waals surface area contributed by atoms with Gasteiger partial charge in [-0.1, -0.05) is 41.6 Å². The van der Waals surface area contributed by atoms with Crippen LogP contribution in [0.15, 0.2) is 48.5 Å². The molecule has 0 fully saturated rings. The third-order valence-corrected chi connectivity index (χ3v) is 3.27. The lowest BCUT2D eigenvalue weighted by Crippen LogP contribution is -2.04. The summed E-state index contributed by atoms with van der Waals surface area (Å²) < 4.78 is 1.97. The highest BCUT2D eigenvalue weighted by molar-refractivity contribution is 5.73. The van der Waals surface area contributed by atoms with Gasteiger partial charge in [-0.2, -0.15) is 0 Å². The fraction of sp³-hybridized carbons (Fsp3) is 0.200. The smallest absolute Gasteiger partial charge is 0.113 e. The Labute approximate surface area is 106 Å². The molecule has 3 rings (SSSR count). The molecule has 0 spiro atoms. The maximum Gasteiger partial charge on any atom is 0.113 e. The minimum atomic E-state index is 0.866. The third kappa shape index (κ3) is 1.99. The van der Waals surface area contributed by atoms with Gasteiger partial charge in [0.15, 0.2) is 0 Å². The minimum Gasteiger partial charge on any atom is -0.244 e. The van der Waals surface area contributed by atoms with Crippen molar-refractivity contribution in [1.29, 1.82) is 0 Å². The second kappa shape index (κ2) is 4.61. The van der Waals surface area contributed by atoms with Gasteiger partial charge in [0.2, 0.25) is 0 Å². The molecule has 0 aliphatic rings. The summed E-state index contributed by atoms with van der Waals surface area (Å²) in [5.74, 6) is 0. The Morgan fingerprint density at radius 2 is 1.78 bits per heavy atom. The molecule has 0 amide bonds. The van der Waals surface area contributed by atoms with Gasteiger partial charge in [-0.25, -0.2) is 4.68 Å². The summed E-state index contributed by atoms with van der Waals surface area (Å²) in [7, 11) is 0. The molecule has 1 heterocycles. The van der Waals surface area contributed by atoms with Crippen LogP contribution in [0.25, 0.3) is 11.0 Å². The average Bonchev–Trinajstić information content (AvgIpc) is 2.81. The van der Waals surface area contributed by atoms with Crippen molar-refractivity contribution in [3.05, 3.63) is 59.7 Å². The van der Waals surface area contributed by atoms with Crippen molar-refractivity contribution >= 4 is 11.0 Å². The van der Waals surface area contributed by atoms with Crippen molar-refractivity contribution in [2.75, 3.05) is 0 Å². The van der Waals surface area contributed by atoms with Crippen molar-refractivity contribution in [2.24, 2.45) is 0 Å². The standard InChI is InChI=1S/C15H15N3/c1-12-6-2-3-7-13(12)10-11-18-15-9-5-4-8-14(15)16-17-18/h2-9H,10-11H2,1H3. The van der Waals surface area contributed by atoms with Crippen LogP contribution >= 0.6 is 0 Å². The minimum absolute atomic E-state index is 0.866. The first-order valence-corrected chi connectivity index (χ1v) is 6.17. The summed E-state index contributed by atoms with van der Waals surface area (Å²) in [6.45, 7) is 3.01. The van der Waals surface area contributed by atoms with Crippen molar-refractivity contribution in [3.63, 3.8) is 0 Å². The largest absolute Gasteiger partial charge is 0.244 e. The highest BCUT2D eigenvalue weighted by Gasteiger charge is 2.04. The summed E-state index contributed by atoms with van der Waals surface area (Å²) in [5, 5.41) is 8.37. The van der Waals surface area contributed by atoms with Crippen LogP contribution in [0, 0.1) is 6.92 Å². The molecular weight excluding hydrogens is 222 g/mol. The SMILES string of the molecule is Cc1ccccc1CCn1nnc2ccccc21. The maximum absolute atomic E-state index is 4.21. The molecule has 3 heteroatoms. The lowest BCUT2D eigenvalue weighted by Gasteiger charge is -2.05. The van der Waals surface area contributed by atoms with Crippen LogP contribution < -0.4 is 0 Å². The summed E-state index contributed by atoms with van der Waals surface area (Å²) in [6, 6.07) is 16.5. The van der Waals surface area contributed by atoms with Gasteiger partial charge in [0.25, 0.3) is 0 Å². The highest BCUT2D eigenvalue weighted by Crippen LogP contribution is 2.12. The molecule has 0 radical (unpaired) electrons. The number of rotatable bonds is 3. The van der Waals surface area contributed by atoms with Gasteiger partial charge in [-0.15, -0.1) is 5.10 Å². The molecule has 0 aliphatic carbocycles.